The summed E-state index contributed by atoms with van der Waals surface area (Å²) in [4.78, 5) is 9.49. The maximum atomic E-state index is 5.89. The average molecular weight is 451 g/mol. The Morgan fingerprint density at radius 3 is 2.82 bits per heavy atom. The summed E-state index contributed by atoms with van der Waals surface area (Å²) in [5.74, 6) is 0.298. The van der Waals surface area contributed by atoms with E-state index in [4.69, 9.17) is 42.4 Å². The van der Waals surface area contributed by atoms with Crippen LogP contribution in [-0.4, -0.2) is 52.8 Å². The number of rotatable bonds is 5. The molecule has 0 aliphatic carbocycles. The third-order valence-corrected chi connectivity index (χ3v) is 4.69. The molecular formula is C16H18N8S4. The van der Waals surface area contributed by atoms with Crippen molar-refractivity contribution in [1.82, 2.24) is 25.2 Å². The second kappa shape index (κ2) is 10.7. The van der Waals surface area contributed by atoms with Crippen molar-refractivity contribution in [3.8, 4) is 0 Å². The lowest BCUT2D eigenvalue weighted by atomic mass is 10.3. The fourth-order valence-corrected chi connectivity index (χ4v) is 3.40. The van der Waals surface area contributed by atoms with Crippen LogP contribution < -0.4 is 11.1 Å². The minimum Gasteiger partial charge on any atom is -0.374 e. The van der Waals surface area contributed by atoms with Gasteiger partial charge >= 0.3 is 0 Å². The normalized spacial score (nSPS) is 11.2. The van der Waals surface area contributed by atoms with Gasteiger partial charge in [-0.25, -0.2) is 15.0 Å². The summed E-state index contributed by atoms with van der Waals surface area (Å²) in [5, 5.41) is 14.6. The lowest BCUT2D eigenvalue weighted by molar-refractivity contribution is 0.250. The fourth-order valence-electron chi connectivity index (χ4n) is 1.95. The van der Waals surface area contributed by atoms with Crippen LogP contribution in [0, 0.1) is 0 Å². The van der Waals surface area contributed by atoms with Crippen LogP contribution in [0.5, 0.6) is 0 Å². The smallest absolute Gasteiger partial charge is 0.248 e. The van der Waals surface area contributed by atoms with Crippen molar-refractivity contribution in [3.63, 3.8) is 0 Å². The Labute approximate surface area is 182 Å². The number of anilines is 1. The highest BCUT2D eigenvalue weighted by atomic mass is 32.1. The Morgan fingerprint density at radius 2 is 2.25 bits per heavy atom. The number of aromatic nitrogens is 3. The number of H-pyrrole nitrogens is 1. The molecular weight excluding hydrogens is 433 g/mol. The van der Waals surface area contributed by atoms with E-state index < -0.39 is 0 Å². The largest absolute Gasteiger partial charge is 0.374 e. The highest BCUT2D eigenvalue weighted by molar-refractivity contribution is 7.82. The summed E-state index contributed by atoms with van der Waals surface area (Å²) >= 11 is 17.6. The summed E-state index contributed by atoms with van der Waals surface area (Å²) in [6, 6.07) is 3.98. The van der Waals surface area contributed by atoms with Gasteiger partial charge in [-0.15, -0.1) is 23.0 Å². The zero-order chi connectivity index (χ0) is 20.5. The van der Waals surface area contributed by atoms with Crippen molar-refractivity contribution in [2.24, 2.45) is 10.7 Å². The molecule has 0 bridgehead atoms. The van der Waals surface area contributed by atoms with Crippen molar-refractivity contribution in [1.29, 1.82) is 0 Å². The van der Waals surface area contributed by atoms with Gasteiger partial charge in [0, 0.05) is 10.6 Å². The topological polar surface area (TPSA) is 98.5 Å². The van der Waals surface area contributed by atoms with Crippen LogP contribution in [0.4, 0.5) is 5.95 Å². The van der Waals surface area contributed by atoms with Gasteiger partial charge in [0.1, 0.15) is 6.33 Å². The first kappa shape index (κ1) is 21.8. The number of nitrogens with two attached hydrogens (primary N) is 1. The summed E-state index contributed by atoms with van der Waals surface area (Å²) in [7, 11) is 0. The summed E-state index contributed by atoms with van der Waals surface area (Å²) in [6.07, 6.45) is 6.87. The Kier molecular flexibility index (Phi) is 8.32. The first-order valence-electron chi connectivity index (χ1n) is 7.88. The number of hydrazine groups is 1. The molecule has 28 heavy (non-hydrogen) atoms. The molecule has 8 nitrogen and oxygen atoms in total. The molecule has 0 aromatic carbocycles. The zero-order valence-electron chi connectivity index (χ0n) is 14.9. The predicted molar refractivity (Wildman–Crippen MR) is 127 cm³/mol. The lowest BCUT2D eigenvalue weighted by Gasteiger charge is -2.34. The van der Waals surface area contributed by atoms with E-state index in [1.807, 2.05) is 36.6 Å². The van der Waals surface area contributed by atoms with Gasteiger partial charge in [0.25, 0.3) is 0 Å². The number of thiocarbonyl (C=S) groups is 3. The third-order valence-electron chi connectivity index (χ3n) is 3.11. The van der Waals surface area contributed by atoms with E-state index >= 15 is 0 Å². The lowest BCUT2D eigenvalue weighted by Crippen LogP contribution is -2.55. The molecule has 0 aliphatic heterocycles. The van der Waals surface area contributed by atoms with Gasteiger partial charge < -0.3 is 5.73 Å². The number of aromatic amines is 1. The van der Waals surface area contributed by atoms with Crippen LogP contribution in [0.3, 0.4) is 0 Å². The van der Waals surface area contributed by atoms with Gasteiger partial charge in [-0.3, -0.25) is 10.4 Å². The average Bonchev–Trinajstić information content (AvgIpc) is 3.33. The van der Waals surface area contributed by atoms with Crippen molar-refractivity contribution >= 4 is 81.1 Å². The summed E-state index contributed by atoms with van der Waals surface area (Å²) in [5.41, 5.74) is 6.58. The second-order valence-corrected chi connectivity index (χ2v) is 7.31. The fraction of sp³-hybridized carbons (Fsp3) is 0.125. The SMILES string of the molecule is C=CCN(C(=S)Nc1nc[nH]n1)N(C(N)=S)C(=S)/N=C(C)\C=C\c1cccs1. The van der Waals surface area contributed by atoms with Crippen LogP contribution in [0.25, 0.3) is 6.08 Å². The molecule has 146 valence electrons. The number of hydrogen-bond donors (Lipinski definition) is 3. The molecule has 0 atom stereocenters. The molecule has 2 rings (SSSR count). The van der Waals surface area contributed by atoms with E-state index in [-0.39, 0.29) is 21.9 Å². The van der Waals surface area contributed by atoms with Crippen molar-refractivity contribution < 1.29 is 0 Å². The predicted octanol–water partition coefficient (Wildman–Crippen LogP) is 2.97. The summed E-state index contributed by atoms with van der Waals surface area (Å²) in [6.45, 7) is 5.85. The van der Waals surface area contributed by atoms with Crippen LogP contribution in [0.2, 0.25) is 0 Å². The van der Waals surface area contributed by atoms with Gasteiger partial charge in [0.15, 0.2) is 10.2 Å². The first-order valence-corrected chi connectivity index (χ1v) is 9.98. The summed E-state index contributed by atoms with van der Waals surface area (Å²) < 4.78 is 0. The molecule has 2 aromatic heterocycles. The molecule has 2 heterocycles. The maximum absolute atomic E-state index is 5.89. The molecule has 0 saturated heterocycles. The number of hydrogen-bond acceptors (Lipinski definition) is 6. The zero-order valence-corrected chi connectivity index (χ0v) is 18.2. The molecule has 0 saturated carbocycles. The second-order valence-electron chi connectivity index (χ2n) is 5.16. The van der Waals surface area contributed by atoms with Gasteiger partial charge in [0.05, 0.1) is 6.54 Å². The number of thiophene rings is 1. The van der Waals surface area contributed by atoms with E-state index in [0.29, 0.717) is 11.7 Å². The minimum absolute atomic E-state index is 0.00947. The molecule has 0 amide bonds. The minimum atomic E-state index is -0.00947. The Balaban J connectivity index is 2.20. The number of nitrogens with one attached hydrogen (secondary N) is 2. The molecule has 0 unspecified atom stereocenters. The number of nitrogens with zero attached hydrogens (tertiary/aromatic N) is 5. The van der Waals surface area contributed by atoms with Crippen LogP contribution in [-0.2, 0) is 0 Å². The van der Waals surface area contributed by atoms with Crippen LogP contribution in [0.1, 0.15) is 11.8 Å². The highest BCUT2D eigenvalue weighted by Gasteiger charge is 2.23. The van der Waals surface area contributed by atoms with Crippen molar-refractivity contribution in [2.75, 3.05) is 11.9 Å². The molecule has 4 N–H and O–H groups in total. The Hall–Kier alpha value is -2.54. The quantitative estimate of drug-likeness (QED) is 0.275. The van der Waals surface area contributed by atoms with Crippen molar-refractivity contribution in [2.45, 2.75) is 6.92 Å². The molecule has 12 heteroatoms. The van der Waals surface area contributed by atoms with E-state index in [1.165, 1.54) is 16.3 Å². The molecule has 0 spiro atoms. The molecule has 0 radical (unpaired) electrons. The molecule has 0 fully saturated rings. The highest BCUT2D eigenvalue weighted by Crippen LogP contribution is 2.11. The number of aliphatic imine (C=N–C) groups is 1. The first-order chi connectivity index (χ1) is 13.4. The van der Waals surface area contributed by atoms with Crippen LogP contribution in [0.15, 0.2) is 47.6 Å². The monoisotopic (exact) mass is 450 g/mol. The van der Waals surface area contributed by atoms with E-state index in [0.717, 1.165) is 4.88 Å². The van der Waals surface area contributed by atoms with Crippen molar-refractivity contribution in [3.05, 3.63) is 47.4 Å². The van der Waals surface area contributed by atoms with E-state index in [9.17, 15) is 0 Å². The molecule has 2 aromatic rings. The maximum Gasteiger partial charge on any atom is 0.248 e. The van der Waals surface area contributed by atoms with Gasteiger partial charge in [0.2, 0.25) is 11.1 Å². The third kappa shape index (κ3) is 6.27. The van der Waals surface area contributed by atoms with E-state index in [1.54, 1.807) is 17.4 Å². The Morgan fingerprint density at radius 1 is 1.46 bits per heavy atom. The van der Waals surface area contributed by atoms with Gasteiger partial charge in [-0.05, 0) is 67.2 Å². The molecule has 0 aliphatic rings. The number of allylic oxidation sites excluding steroid dienone is 1. The standard InChI is InChI=1S/C16H18N8S4/c1-3-8-23(15(26)21-14-18-10-19-22-14)24(13(17)25)16(27)20-11(2)6-7-12-5-4-9-28-12/h3-7,9-10H,1,8H2,2H3,(H2,17,25)(H2,18,19,21,22,26)/b7-6+,20-11-. The van der Waals surface area contributed by atoms with Crippen LogP contribution >= 0.6 is 48.0 Å². The Bertz CT molecular complexity index is 886. The van der Waals surface area contributed by atoms with Gasteiger partial charge in [-0.2, -0.15) is 5.01 Å². The van der Waals surface area contributed by atoms with E-state index in [2.05, 4.69) is 32.1 Å². The van der Waals surface area contributed by atoms with Gasteiger partial charge in [-0.1, -0.05) is 12.1 Å².